The monoisotopic (exact) mass is 333 g/mol. The molecule has 94 valence electrons. The number of cyclic esters (lactones) is 1. The van der Waals surface area contributed by atoms with Gasteiger partial charge in [-0.3, -0.25) is 0 Å². The van der Waals surface area contributed by atoms with Crippen molar-refractivity contribution >= 4 is 45.2 Å². The van der Waals surface area contributed by atoms with Gasteiger partial charge >= 0.3 is 5.97 Å². The van der Waals surface area contributed by atoms with Crippen molar-refractivity contribution < 1.29 is 9.53 Å². The Morgan fingerprint density at radius 3 is 2.79 bits per heavy atom. The molecule has 2 heterocycles. The summed E-state index contributed by atoms with van der Waals surface area (Å²) in [5.74, 6) is -0.0839. The van der Waals surface area contributed by atoms with Crippen LogP contribution >= 0.6 is 27.3 Å². The maximum Gasteiger partial charge on any atom is 0.363 e. The zero-order valence-corrected chi connectivity index (χ0v) is 12.1. The first kappa shape index (κ1) is 12.3. The van der Waals surface area contributed by atoms with Crippen molar-refractivity contribution in [1.82, 2.24) is 0 Å². The Morgan fingerprint density at radius 1 is 1.21 bits per heavy atom. The first-order chi connectivity index (χ1) is 9.24. The van der Waals surface area contributed by atoms with Crippen LogP contribution in [0.15, 0.2) is 56.9 Å². The molecule has 1 aromatic carbocycles. The van der Waals surface area contributed by atoms with Crippen LogP contribution in [0.1, 0.15) is 10.4 Å². The molecule has 0 saturated heterocycles. The molecule has 3 nitrogen and oxygen atoms in total. The normalized spacial score (nSPS) is 16.6. The number of carbonyl (C=O) groups excluding carboxylic acids is 1. The van der Waals surface area contributed by atoms with E-state index >= 15 is 0 Å². The molecule has 1 aromatic heterocycles. The zero-order chi connectivity index (χ0) is 13.2. The van der Waals surface area contributed by atoms with Gasteiger partial charge in [-0.15, -0.1) is 11.3 Å². The van der Waals surface area contributed by atoms with E-state index in [0.717, 1.165) is 14.9 Å². The smallest absolute Gasteiger partial charge is 0.363 e. The minimum atomic E-state index is -0.417. The maximum atomic E-state index is 11.8. The van der Waals surface area contributed by atoms with Crippen molar-refractivity contribution in [3.8, 4) is 0 Å². The number of halogens is 1. The highest BCUT2D eigenvalue weighted by molar-refractivity contribution is 9.10. The molecule has 0 amide bonds. The molecule has 0 unspecified atom stereocenters. The molecule has 5 heteroatoms. The standard InChI is InChI=1S/C14H8BrNO2S/c15-11-6-2-1-5-10(11)13-16-12(14(17)18-13)8-9-4-3-7-19-9/h1-8H. The van der Waals surface area contributed by atoms with Crippen LogP contribution in [-0.2, 0) is 9.53 Å². The summed E-state index contributed by atoms with van der Waals surface area (Å²) in [6.07, 6.45) is 1.73. The van der Waals surface area contributed by atoms with Gasteiger partial charge in [0.05, 0.1) is 5.56 Å². The lowest BCUT2D eigenvalue weighted by Gasteiger charge is -2.01. The second kappa shape index (κ2) is 5.11. The fourth-order valence-corrected chi connectivity index (χ4v) is 2.77. The molecule has 19 heavy (non-hydrogen) atoms. The van der Waals surface area contributed by atoms with E-state index in [-0.39, 0.29) is 0 Å². The van der Waals surface area contributed by atoms with Gasteiger partial charge in [-0.2, -0.15) is 0 Å². The summed E-state index contributed by atoms with van der Waals surface area (Å²) in [5.41, 5.74) is 1.10. The van der Waals surface area contributed by atoms with Crippen molar-refractivity contribution in [2.45, 2.75) is 0 Å². The molecule has 0 atom stereocenters. The van der Waals surface area contributed by atoms with Crippen LogP contribution in [0.4, 0.5) is 0 Å². The number of ether oxygens (including phenoxy) is 1. The zero-order valence-electron chi connectivity index (χ0n) is 9.67. The maximum absolute atomic E-state index is 11.8. The highest BCUT2D eigenvalue weighted by atomic mass is 79.9. The van der Waals surface area contributed by atoms with E-state index in [1.165, 1.54) is 0 Å². The van der Waals surface area contributed by atoms with Crippen molar-refractivity contribution in [3.63, 3.8) is 0 Å². The third-order valence-electron chi connectivity index (χ3n) is 2.55. The number of benzene rings is 1. The molecule has 1 aliphatic heterocycles. The number of aliphatic imine (C=N–C) groups is 1. The number of rotatable bonds is 2. The summed E-state index contributed by atoms with van der Waals surface area (Å²) in [6.45, 7) is 0. The van der Waals surface area contributed by atoms with Gasteiger partial charge in [-0.25, -0.2) is 9.79 Å². The highest BCUT2D eigenvalue weighted by Gasteiger charge is 2.25. The first-order valence-corrected chi connectivity index (χ1v) is 7.22. The van der Waals surface area contributed by atoms with E-state index in [1.807, 2.05) is 41.8 Å². The van der Waals surface area contributed by atoms with Gasteiger partial charge in [0.25, 0.3) is 0 Å². The van der Waals surface area contributed by atoms with E-state index in [1.54, 1.807) is 17.4 Å². The molecule has 0 fully saturated rings. The molecule has 3 rings (SSSR count). The summed E-state index contributed by atoms with van der Waals surface area (Å²) in [7, 11) is 0. The first-order valence-electron chi connectivity index (χ1n) is 5.55. The molecular formula is C14H8BrNO2S. The molecule has 0 bridgehead atoms. The van der Waals surface area contributed by atoms with Gasteiger partial charge in [-0.1, -0.05) is 18.2 Å². The Labute approximate surface area is 122 Å². The van der Waals surface area contributed by atoms with E-state index in [4.69, 9.17) is 4.74 Å². The van der Waals surface area contributed by atoms with Crippen molar-refractivity contribution in [3.05, 3.63) is 62.4 Å². The average molecular weight is 334 g/mol. The van der Waals surface area contributed by atoms with Crippen molar-refractivity contribution in [2.24, 2.45) is 4.99 Å². The molecule has 1 aliphatic rings. The van der Waals surface area contributed by atoms with Crippen LogP contribution in [0.25, 0.3) is 6.08 Å². The van der Waals surface area contributed by atoms with Gasteiger partial charge < -0.3 is 4.74 Å². The minimum Gasteiger partial charge on any atom is -0.402 e. The van der Waals surface area contributed by atoms with Crippen LogP contribution < -0.4 is 0 Å². The van der Waals surface area contributed by atoms with Crippen molar-refractivity contribution in [1.29, 1.82) is 0 Å². The predicted molar refractivity (Wildman–Crippen MR) is 79.1 cm³/mol. The molecule has 0 aliphatic carbocycles. The molecule has 0 saturated carbocycles. The van der Waals surface area contributed by atoms with E-state index in [0.29, 0.717) is 11.6 Å². The van der Waals surface area contributed by atoms with E-state index in [2.05, 4.69) is 20.9 Å². The SMILES string of the molecule is O=C1OC(c2ccccc2Br)=NC1=Cc1cccs1. The van der Waals surface area contributed by atoms with Crippen molar-refractivity contribution in [2.75, 3.05) is 0 Å². The van der Waals surface area contributed by atoms with Crippen LogP contribution in [0, 0.1) is 0 Å². The summed E-state index contributed by atoms with van der Waals surface area (Å²) < 4.78 is 6.05. The second-order valence-corrected chi connectivity index (χ2v) is 5.66. The predicted octanol–water partition coefficient (Wildman–Crippen LogP) is 3.86. The summed E-state index contributed by atoms with van der Waals surface area (Å²) in [4.78, 5) is 17.0. The Bertz CT molecular complexity index is 689. The lowest BCUT2D eigenvalue weighted by Crippen LogP contribution is -2.05. The quantitative estimate of drug-likeness (QED) is 0.618. The van der Waals surface area contributed by atoms with E-state index in [9.17, 15) is 4.79 Å². The Kier molecular flexibility index (Phi) is 3.31. The van der Waals surface area contributed by atoms with E-state index < -0.39 is 5.97 Å². The van der Waals surface area contributed by atoms with Crippen LogP contribution in [0.5, 0.6) is 0 Å². The lowest BCUT2D eigenvalue weighted by molar-refractivity contribution is -0.129. The molecule has 0 N–H and O–H groups in total. The molecule has 0 radical (unpaired) electrons. The Balaban J connectivity index is 1.98. The topological polar surface area (TPSA) is 38.7 Å². The molecule has 0 spiro atoms. The van der Waals surface area contributed by atoms with Gasteiger partial charge in [0.1, 0.15) is 0 Å². The summed E-state index contributed by atoms with van der Waals surface area (Å²) in [5, 5.41) is 1.95. The number of hydrogen-bond donors (Lipinski definition) is 0. The number of hydrogen-bond acceptors (Lipinski definition) is 4. The number of thiophene rings is 1. The van der Waals surface area contributed by atoms with Crippen LogP contribution in [-0.4, -0.2) is 11.9 Å². The third kappa shape index (κ3) is 2.52. The Hall–Kier alpha value is -1.72. The minimum absolute atomic E-state index is 0.327. The highest BCUT2D eigenvalue weighted by Crippen LogP contribution is 2.24. The third-order valence-corrected chi connectivity index (χ3v) is 4.06. The fraction of sp³-hybridized carbons (Fsp3) is 0. The Morgan fingerprint density at radius 2 is 2.05 bits per heavy atom. The summed E-state index contributed by atoms with van der Waals surface area (Å²) in [6, 6.07) is 11.4. The average Bonchev–Trinajstić information content (AvgIpc) is 3.02. The van der Waals surface area contributed by atoms with Gasteiger partial charge in [0, 0.05) is 9.35 Å². The second-order valence-electron chi connectivity index (χ2n) is 3.83. The van der Waals surface area contributed by atoms with Gasteiger partial charge in [0.15, 0.2) is 5.70 Å². The largest absolute Gasteiger partial charge is 0.402 e. The number of esters is 1. The molecule has 2 aromatic rings. The fourth-order valence-electron chi connectivity index (χ4n) is 1.67. The van der Waals surface area contributed by atoms with Gasteiger partial charge in [0.2, 0.25) is 5.90 Å². The van der Waals surface area contributed by atoms with Crippen LogP contribution in [0.2, 0.25) is 0 Å². The lowest BCUT2D eigenvalue weighted by atomic mass is 10.2. The van der Waals surface area contributed by atoms with Crippen LogP contribution in [0.3, 0.4) is 0 Å². The number of carbonyl (C=O) groups is 1. The summed E-state index contributed by atoms with van der Waals surface area (Å²) >= 11 is 4.97. The van der Waals surface area contributed by atoms with Gasteiger partial charge in [-0.05, 0) is 45.6 Å². The number of nitrogens with zero attached hydrogens (tertiary/aromatic N) is 1. The molecular weight excluding hydrogens is 326 g/mol.